The van der Waals surface area contributed by atoms with Crippen LogP contribution in [-0.2, 0) is 28.9 Å². The van der Waals surface area contributed by atoms with Crippen LogP contribution in [0.15, 0.2) is 17.5 Å². The molecule has 0 saturated carbocycles. The van der Waals surface area contributed by atoms with Crippen LogP contribution in [0.3, 0.4) is 0 Å². The number of carbonyl (C=O) groups excluding carboxylic acids is 2. The molecule has 5 nitrogen and oxygen atoms in total. The Bertz CT molecular complexity index is 800. The SMILES string of the molecule is CC1CCc2nc(NC(=O)C3CCCN3C(=O)Cc3cccs3)sc2C1. The zero-order valence-corrected chi connectivity index (χ0v) is 16.5. The van der Waals surface area contributed by atoms with Crippen LogP contribution in [0.4, 0.5) is 5.13 Å². The summed E-state index contributed by atoms with van der Waals surface area (Å²) in [6, 6.07) is 3.55. The summed E-state index contributed by atoms with van der Waals surface area (Å²) in [5, 5.41) is 5.64. The Balaban J connectivity index is 1.41. The van der Waals surface area contributed by atoms with E-state index in [1.807, 2.05) is 17.5 Å². The number of fused-ring (bicyclic) bond motifs is 1. The zero-order chi connectivity index (χ0) is 18.1. The van der Waals surface area contributed by atoms with E-state index in [4.69, 9.17) is 0 Å². The molecule has 138 valence electrons. The Kier molecular flexibility index (Phi) is 5.09. The smallest absolute Gasteiger partial charge is 0.248 e. The monoisotopic (exact) mass is 389 g/mol. The average Bonchev–Trinajstić information content (AvgIpc) is 3.34. The van der Waals surface area contributed by atoms with Crippen molar-refractivity contribution in [3.63, 3.8) is 0 Å². The molecule has 2 atom stereocenters. The topological polar surface area (TPSA) is 62.3 Å². The molecule has 1 aliphatic carbocycles. The Labute approximate surface area is 161 Å². The molecular formula is C19H23N3O2S2. The molecule has 0 spiro atoms. The first-order valence-electron chi connectivity index (χ1n) is 9.21. The summed E-state index contributed by atoms with van der Waals surface area (Å²) in [6.45, 7) is 2.92. The first-order chi connectivity index (χ1) is 12.6. The fraction of sp³-hybridized carbons (Fsp3) is 0.526. The molecule has 4 rings (SSSR count). The number of carbonyl (C=O) groups is 2. The molecule has 1 N–H and O–H groups in total. The number of likely N-dealkylation sites (tertiary alicyclic amines) is 1. The lowest BCUT2D eigenvalue weighted by Crippen LogP contribution is -2.43. The summed E-state index contributed by atoms with van der Waals surface area (Å²) < 4.78 is 0. The van der Waals surface area contributed by atoms with Crippen LogP contribution in [0.2, 0.25) is 0 Å². The normalized spacial score (nSPS) is 22.3. The number of amides is 2. The molecule has 1 fully saturated rings. The van der Waals surface area contributed by atoms with Crippen LogP contribution in [0.1, 0.15) is 41.6 Å². The Morgan fingerprint density at radius 3 is 3.08 bits per heavy atom. The van der Waals surface area contributed by atoms with Gasteiger partial charge in [-0.1, -0.05) is 13.0 Å². The number of rotatable bonds is 4. The minimum Gasteiger partial charge on any atom is -0.330 e. The molecule has 1 aliphatic heterocycles. The van der Waals surface area contributed by atoms with Crippen LogP contribution >= 0.6 is 22.7 Å². The predicted octanol–water partition coefficient (Wildman–Crippen LogP) is 3.50. The minimum absolute atomic E-state index is 0.0392. The second-order valence-corrected chi connectivity index (χ2v) is 9.34. The first kappa shape index (κ1) is 17.7. The molecule has 2 aromatic heterocycles. The second-order valence-electron chi connectivity index (χ2n) is 7.23. The van der Waals surface area contributed by atoms with Gasteiger partial charge in [-0.25, -0.2) is 4.98 Å². The van der Waals surface area contributed by atoms with E-state index in [-0.39, 0.29) is 17.9 Å². The summed E-state index contributed by atoms with van der Waals surface area (Å²) in [5.74, 6) is 0.630. The highest BCUT2D eigenvalue weighted by Crippen LogP contribution is 2.32. The van der Waals surface area contributed by atoms with Gasteiger partial charge in [-0.3, -0.25) is 9.59 Å². The van der Waals surface area contributed by atoms with Gasteiger partial charge in [-0.15, -0.1) is 22.7 Å². The number of thiophene rings is 1. The number of aromatic nitrogens is 1. The highest BCUT2D eigenvalue weighted by Gasteiger charge is 2.34. The molecule has 1 saturated heterocycles. The molecule has 26 heavy (non-hydrogen) atoms. The lowest BCUT2D eigenvalue weighted by molar-refractivity contribution is -0.136. The van der Waals surface area contributed by atoms with Crippen molar-refractivity contribution >= 4 is 39.6 Å². The van der Waals surface area contributed by atoms with Crippen LogP contribution in [0.5, 0.6) is 0 Å². The molecule has 2 aliphatic rings. The molecule has 2 amide bonds. The first-order valence-corrected chi connectivity index (χ1v) is 10.9. The highest BCUT2D eigenvalue weighted by atomic mass is 32.1. The number of nitrogens with zero attached hydrogens (tertiary/aromatic N) is 2. The van der Waals surface area contributed by atoms with Gasteiger partial charge in [0, 0.05) is 16.3 Å². The highest BCUT2D eigenvalue weighted by molar-refractivity contribution is 7.15. The van der Waals surface area contributed by atoms with E-state index in [0.29, 0.717) is 24.0 Å². The third-order valence-electron chi connectivity index (χ3n) is 5.20. The maximum Gasteiger partial charge on any atom is 0.248 e. The van der Waals surface area contributed by atoms with Crippen LogP contribution in [-0.4, -0.2) is 34.3 Å². The number of thiazole rings is 1. The third kappa shape index (κ3) is 3.69. The largest absolute Gasteiger partial charge is 0.330 e. The second kappa shape index (κ2) is 7.48. The molecule has 7 heteroatoms. The van der Waals surface area contributed by atoms with Crippen molar-refractivity contribution in [2.75, 3.05) is 11.9 Å². The van der Waals surface area contributed by atoms with Crippen molar-refractivity contribution in [2.24, 2.45) is 5.92 Å². The fourth-order valence-electron chi connectivity index (χ4n) is 3.78. The van der Waals surface area contributed by atoms with Gasteiger partial charge < -0.3 is 10.2 Å². The maximum absolute atomic E-state index is 12.8. The fourth-order valence-corrected chi connectivity index (χ4v) is 5.65. The van der Waals surface area contributed by atoms with Crippen molar-refractivity contribution in [1.82, 2.24) is 9.88 Å². The number of hydrogen-bond acceptors (Lipinski definition) is 5. The van der Waals surface area contributed by atoms with E-state index in [1.165, 1.54) is 4.88 Å². The summed E-state index contributed by atoms with van der Waals surface area (Å²) in [4.78, 5) is 34.1. The van der Waals surface area contributed by atoms with Crippen molar-refractivity contribution < 1.29 is 9.59 Å². The van der Waals surface area contributed by atoms with Crippen molar-refractivity contribution in [1.29, 1.82) is 0 Å². The van der Waals surface area contributed by atoms with E-state index >= 15 is 0 Å². The number of aryl methyl sites for hydroxylation is 1. The Morgan fingerprint density at radius 2 is 2.27 bits per heavy atom. The summed E-state index contributed by atoms with van der Waals surface area (Å²) in [7, 11) is 0. The summed E-state index contributed by atoms with van der Waals surface area (Å²) in [6.07, 6.45) is 5.20. The number of anilines is 1. The van der Waals surface area contributed by atoms with E-state index in [9.17, 15) is 9.59 Å². The van der Waals surface area contributed by atoms with E-state index in [2.05, 4.69) is 17.2 Å². The lowest BCUT2D eigenvalue weighted by Gasteiger charge is -2.23. The molecule has 0 bridgehead atoms. The number of hydrogen-bond donors (Lipinski definition) is 1. The average molecular weight is 390 g/mol. The van der Waals surface area contributed by atoms with Crippen molar-refractivity contribution in [3.8, 4) is 0 Å². The van der Waals surface area contributed by atoms with Crippen molar-refractivity contribution in [2.45, 2.75) is 51.5 Å². The molecule has 0 radical (unpaired) electrons. The summed E-state index contributed by atoms with van der Waals surface area (Å²) in [5.41, 5.74) is 1.14. The van der Waals surface area contributed by atoms with E-state index in [0.717, 1.165) is 42.7 Å². The quantitative estimate of drug-likeness (QED) is 0.870. The Hall–Kier alpha value is -1.73. The minimum atomic E-state index is -0.373. The third-order valence-corrected chi connectivity index (χ3v) is 7.11. The van der Waals surface area contributed by atoms with Crippen LogP contribution in [0.25, 0.3) is 0 Å². The van der Waals surface area contributed by atoms with Gasteiger partial charge in [-0.2, -0.15) is 0 Å². The maximum atomic E-state index is 12.8. The van der Waals surface area contributed by atoms with Gasteiger partial charge in [0.1, 0.15) is 6.04 Å². The molecule has 3 heterocycles. The van der Waals surface area contributed by atoms with Crippen molar-refractivity contribution in [3.05, 3.63) is 33.0 Å². The standard InChI is InChI=1S/C19H23N3O2S2/c1-12-6-7-14-16(10-12)26-19(20-14)21-18(24)15-5-2-8-22(15)17(23)11-13-4-3-9-25-13/h3-4,9,12,15H,2,5-8,10-11H2,1H3,(H,20,21,24). The van der Waals surface area contributed by atoms with Gasteiger partial charge in [-0.05, 0) is 49.5 Å². The lowest BCUT2D eigenvalue weighted by atomic mass is 9.93. The van der Waals surface area contributed by atoms with Gasteiger partial charge in [0.25, 0.3) is 0 Å². The van der Waals surface area contributed by atoms with E-state index < -0.39 is 0 Å². The van der Waals surface area contributed by atoms with Gasteiger partial charge >= 0.3 is 0 Å². The van der Waals surface area contributed by atoms with Gasteiger partial charge in [0.15, 0.2) is 5.13 Å². The van der Waals surface area contributed by atoms with Gasteiger partial charge in [0.05, 0.1) is 12.1 Å². The zero-order valence-electron chi connectivity index (χ0n) is 14.9. The number of nitrogens with one attached hydrogen (secondary N) is 1. The molecule has 2 aromatic rings. The molecular weight excluding hydrogens is 366 g/mol. The molecule has 0 aromatic carbocycles. The predicted molar refractivity (Wildman–Crippen MR) is 105 cm³/mol. The summed E-state index contributed by atoms with van der Waals surface area (Å²) >= 11 is 3.18. The Morgan fingerprint density at radius 1 is 1.38 bits per heavy atom. The van der Waals surface area contributed by atoms with Crippen LogP contribution < -0.4 is 5.32 Å². The van der Waals surface area contributed by atoms with E-state index in [1.54, 1.807) is 27.6 Å². The van der Waals surface area contributed by atoms with Crippen LogP contribution in [0, 0.1) is 5.92 Å². The molecule has 2 unspecified atom stereocenters. The van der Waals surface area contributed by atoms with Gasteiger partial charge in [0.2, 0.25) is 11.8 Å².